The van der Waals surface area contributed by atoms with E-state index >= 15 is 0 Å². The Morgan fingerprint density at radius 2 is 1.21 bits per heavy atom. The molecule has 0 aromatic heterocycles. The van der Waals surface area contributed by atoms with Crippen LogP contribution >= 0.6 is 0 Å². The molecule has 0 aliphatic carbocycles. The Morgan fingerprint density at radius 3 is 1.60 bits per heavy atom. The molecule has 0 bridgehead atoms. The fourth-order valence-corrected chi connectivity index (χ4v) is 10.2. The summed E-state index contributed by atoms with van der Waals surface area (Å²) in [6, 6.07) is 25.8. The second kappa shape index (κ2) is 15.6. The van der Waals surface area contributed by atoms with Gasteiger partial charge in [-0.3, -0.25) is 0 Å². The quantitative estimate of drug-likeness (QED) is 0.151. The summed E-state index contributed by atoms with van der Waals surface area (Å²) in [5.41, 5.74) is 4.14. The van der Waals surface area contributed by atoms with E-state index in [1.54, 1.807) is 6.61 Å². The molecule has 0 fully saturated rings. The number of rotatable bonds is 12. The number of hydrogen-bond donors (Lipinski definition) is 0. The molecule has 222 valence electrons. The van der Waals surface area contributed by atoms with E-state index in [0.717, 1.165) is 23.1 Å². The van der Waals surface area contributed by atoms with Crippen LogP contribution in [0.25, 0.3) is 0 Å². The first kappa shape index (κ1) is 36.1. The Hall–Kier alpha value is -2.10. The van der Waals surface area contributed by atoms with Crippen molar-refractivity contribution in [3.8, 4) is 0 Å². The normalized spacial score (nSPS) is 12.9. The Morgan fingerprint density at radius 1 is 0.762 bits per heavy atom. The van der Waals surface area contributed by atoms with Gasteiger partial charge < -0.3 is 9.16 Å². The van der Waals surface area contributed by atoms with Gasteiger partial charge in [0.15, 0.2) is 0 Å². The number of carbonyl (C=O) groups is 1. The molecule has 0 amide bonds. The van der Waals surface area contributed by atoms with Gasteiger partial charge in [-0.05, 0) is 49.9 Å². The first-order chi connectivity index (χ1) is 19.3. The molecule has 0 saturated carbocycles. The summed E-state index contributed by atoms with van der Waals surface area (Å²) in [5, 5.41) is 2.47. The van der Waals surface area contributed by atoms with Crippen molar-refractivity contribution in [1.82, 2.24) is 0 Å². The van der Waals surface area contributed by atoms with Crippen molar-refractivity contribution >= 4 is 24.7 Å². The van der Waals surface area contributed by atoms with Crippen molar-refractivity contribution in [2.24, 2.45) is 5.92 Å². The van der Waals surface area contributed by atoms with Gasteiger partial charge in [0, 0.05) is 6.61 Å². The van der Waals surface area contributed by atoms with Gasteiger partial charge in [0.25, 0.3) is 8.32 Å². The van der Waals surface area contributed by atoms with E-state index in [4.69, 9.17) is 9.16 Å². The number of esters is 1. The van der Waals surface area contributed by atoms with E-state index in [1.807, 2.05) is 0 Å². The largest absolute Gasteiger partial charge is 1.00 e. The van der Waals surface area contributed by atoms with E-state index in [0.29, 0.717) is 12.5 Å². The minimum absolute atomic E-state index is 0. The maximum atomic E-state index is 13.5. The first-order valence-electron chi connectivity index (χ1n) is 15.3. The van der Waals surface area contributed by atoms with Crippen LogP contribution in [0.2, 0.25) is 5.04 Å². The van der Waals surface area contributed by atoms with Crippen LogP contribution < -0.4 is 29.2 Å². The van der Waals surface area contributed by atoms with Crippen molar-refractivity contribution in [2.75, 3.05) is 6.61 Å². The Bertz CT molecular complexity index is 1190. The van der Waals surface area contributed by atoms with E-state index < -0.39 is 8.32 Å². The average molecular weight is 579 g/mol. The van der Waals surface area contributed by atoms with Crippen LogP contribution in [0.15, 0.2) is 72.8 Å². The van der Waals surface area contributed by atoms with Crippen LogP contribution in [0, 0.1) is 12.5 Å². The molecule has 0 aliphatic rings. The molecule has 0 N–H and O–H groups in total. The first-order valence-corrected chi connectivity index (χ1v) is 17.2. The molecule has 0 heterocycles. The topological polar surface area (TPSA) is 35.5 Å². The third kappa shape index (κ3) is 8.29. The van der Waals surface area contributed by atoms with Gasteiger partial charge in [0.1, 0.15) is 0 Å². The van der Waals surface area contributed by atoms with Crippen LogP contribution in [0.4, 0.5) is 0 Å². The summed E-state index contributed by atoms with van der Waals surface area (Å²) in [4.78, 5) is 13.5. The molecule has 3 aromatic rings. The van der Waals surface area contributed by atoms with Gasteiger partial charge in [0.05, 0.1) is 5.56 Å². The predicted octanol–water partition coefficient (Wildman–Crippen LogP) is 5.98. The van der Waals surface area contributed by atoms with E-state index in [2.05, 4.69) is 142 Å². The van der Waals surface area contributed by atoms with Gasteiger partial charge in [-0.25, -0.2) is 4.79 Å². The molecule has 0 spiro atoms. The van der Waals surface area contributed by atoms with Gasteiger partial charge >= 0.3 is 24.8 Å². The Labute approximate surface area is 269 Å². The van der Waals surface area contributed by atoms with Gasteiger partial charge in [-0.15, -0.1) is 5.92 Å². The smallest absolute Gasteiger partial charge is 0.633 e. The minimum atomic E-state index is -2.59. The molecule has 0 saturated heterocycles. The Balaban J connectivity index is 0.00000616. The number of carbonyl (C=O) groups excluding carboxylic acids is 1. The third-order valence-corrected chi connectivity index (χ3v) is 13.1. The minimum Gasteiger partial charge on any atom is -0.633 e. The van der Waals surface area contributed by atoms with Gasteiger partial charge in [-0.1, -0.05) is 148 Å². The molecule has 0 radical (unpaired) electrons. The summed E-state index contributed by atoms with van der Waals surface area (Å²) in [6.07, 6.45) is 0.762. The van der Waals surface area contributed by atoms with Crippen LogP contribution in [0.1, 0.15) is 120 Å². The van der Waals surface area contributed by atoms with Crippen molar-refractivity contribution in [3.05, 3.63) is 102 Å². The van der Waals surface area contributed by atoms with Gasteiger partial charge in [0.2, 0.25) is 0 Å². The summed E-state index contributed by atoms with van der Waals surface area (Å²) in [5.74, 6) is 0.652. The van der Waals surface area contributed by atoms with Crippen molar-refractivity contribution in [3.63, 3.8) is 0 Å². The van der Waals surface area contributed by atoms with Crippen molar-refractivity contribution < 1.29 is 32.8 Å². The zero-order valence-corrected chi connectivity index (χ0v) is 29.0. The van der Waals surface area contributed by atoms with Crippen LogP contribution in [-0.2, 0) is 9.16 Å². The molecule has 1 atom stereocenters. The number of ether oxygens (including phenoxy) is 1. The molecule has 0 aliphatic heterocycles. The molecule has 3 aromatic carbocycles. The molecular weight excluding hydrogens is 527 g/mol. The van der Waals surface area contributed by atoms with Crippen LogP contribution in [-0.4, -0.2) is 20.9 Å². The number of benzene rings is 3. The predicted molar refractivity (Wildman–Crippen MR) is 176 cm³/mol. The zero-order chi connectivity index (χ0) is 30.4. The molecular formula is C37H51LiO3Si. The van der Waals surface area contributed by atoms with E-state index in [-0.39, 0.29) is 47.6 Å². The molecule has 3 nitrogen and oxygen atoms in total. The second-order valence-corrected chi connectivity index (χ2v) is 17.7. The Kier molecular flexibility index (Phi) is 13.4. The summed E-state index contributed by atoms with van der Waals surface area (Å²) in [7, 11) is -2.59. The fraction of sp³-hybridized carbons (Fsp3) is 0.459. The summed E-state index contributed by atoms with van der Waals surface area (Å²) in [6.45, 7) is 24.3. The molecule has 0 unspecified atom stereocenters. The van der Waals surface area contributed by atoms with Crippen LogP contribution in [0.5, 0.6) is 0 Å². The summed E-state index contributed by atoms with van der Waals surface area (Å²) < 4.78 is 12.9. The zero-order valence-electron chi connectivity index (χ0n) is 28.0. The summed E-state index contributed by atoms with van der Waals surface area (Å²) >= 11 is 0. The second-order valence-electron chi connectivity index (χ2n) is 13.4. The van der Waals surface area contributed by atoms with Gasteiger partial charge in [-0.2, -0.15) is 6.61 Å². The monoisotopic (exact) mass is 578 g/mol. The maximum Gasteiger partial charge on any atom is 1.00 e. The van der Waals surface area contributed by atoms with Crippen LogP contribution in [0.3, 0.4) is 0 Å². The average Bonchev–Trinajstić information content (AvgIpc) is 2.93. The van der Waals surface area contributed by atoms with E-state index in [9.17, 15) is 4.79 Å². The van der Waals surface area contributed by atoms with Crippen molar-refractivity contribution in [2.45, 2.75) is 98.5 Å². The standard InChI is InChI=1S/C37H51O3Si.Li/c1-26(2)30-23-33(27(3)4)35(34(24-30)28(5)6)36(38)39-25-29(7)21-22-40-41(37(8,9)10,31-17-13-11-14-18-31)32-19-15-12-16-20-32;/h11-20,23-29H,21-22H2,1-10H3;/q-1;+1/t29-;/m1./s1. The SMILES string of the molecule is CC(C)c1cc(C(C)C)c(C(=O)O[CH-][C@H](C)CCO[Si](c2ccccc2)(c2ccccc2)C(C)(C)C)c(C(C)C)c1.[Li+]. The van der Waals surface area contributed by atoms with E-state index in [1.165, 1.54) is 15.9 Å². The molecule has 3 rings (SSSR count). The molecule has 42 heavy (non-hydrogen) atoms. The maximum absolute atomic E-state index is 13.5. The van der Waals surface area contributed by atoms with Crippen molar-refractivity contribution in [1.29, 1.82) is 0 Å². The fourth-order valence-electron chi connectivity index (χ4n) is 5.66. The third-order valence-electron chi connectivity index (χ3n) is 8.05. The molecule has 5 heteroatoms. The number of hydrogen-bond acceptors (Lipinski definition) is 3.